The maximum Gasteiger partial charge on any atom is 0.227 e. The van der Waals surface area contributed by atoms with Crippen molar-refractivity contribution in [1.29, 1.82) is 0 Å². The molecule has 0 radical (unpaired) electrons. The topological polar surface area (TPSA) is 41.6 Å². The molecular formula is C15H20BrClN2O2. The molecule has 2 aliphatic rings. The number of rotatable bonds is 3. The van der Waals surface area contributed by atoms with Crippen molar-refractivity contribution in [2.24, 2.45) is 11.8 Å². The highest BCUT2D eigenvalue weighted by Gasteiger charge is 2.37. The van der Waals surface area contributed by atoms with Gasteiger partial charge in [-0.15, -0.1) is 12.4 Å². The number of carbonyl (C=O) groups is 1. The molecule has 1 aromatic rings. The first-order valence-corrected chi connectivity index (χ1v) is 7.77. The maximum atomic E-state index is 12.5. The van der Waals surface area contributed by atoms with Crippen molar-refractivity contribution in [3.8, 4) is 5.75 Å². The van der Waals surface area contributed by atoms with E-state index in [9.17, 15) is 4.79 Å². The standard InChI is InChI=1S/C15H19BrN2O2.ClH/c1-20-14-3-2-13(16)4-10(14)5-15(19)18-8-11-6-17-7-12(11)9-18;/h2-4,11-12,17H,5-9H2,1H3;1H/t11-,12+;. The predicted molar refractivity (Wildman–Crippen MR) is 88.1 cm³/mol. The van der Waals surface area contributed by atoms with Crippen molar-refractivity contribution in [2.75, 3.05) is 33.3 Å². The highest BCUT2D eigenvalue weighted by Crippen LogP contribution is 2.28. The van der Waals surface area contributed by atoms with Crippen LogP contribution in [0, 0.1) is 11.8 Å². The van der Waals surface area contributed by atoms with Crippen LogP contribution in [0.4, 0.5) is 0 Å². The first-order chi connectivity index (χ1) is 9.67. The van der Waals surface area contributed by atoms with Crippen molar-refractivity contribution in [2.45, 2.75) is 6.42 Å². The number of likely N-dealkylation sites (tertiary alicyclic amines) is 1. The van der Waals surface area contributed by atoms with Gasteiger partial charge in [-0.2, -0.15) is 0 Å². The summed E-state index contributed by atoms with van der Waals surface area (Å²) < 4.78 is 6.31. The van der Waals surface area contributed by atoms with Gasteiger partial charge in [-0.1, -0.05) is 15.9 Å². The summed E-state index contributed by atoms with van der Waals surface area (Å²) in [6, 6.07) is 5.79. The zero-order valence-corrected chi connectivity index (χ0v) is 14.4. The van der Waals surface area contributed by atoms with E-state index in [0.717, 1.165) is 42.0 Å². The molecule has 1 N–H and O–H groups in total. The maximum absolute atomic E-state index is 12.5. The molecule has 3 rings (SSSR count). The number of methoxy groups -OCH3 is 1. The van der Waals surface area contributed by atoms with Crippen molar-refractivity contribution in [1.82, 2.24) is 10.2 Å². The van der Waals surface area contributed by atoms with Gasteiger partial charge in [-0.25, -0.2) is 0 Å². The summed E-state index contributed by atoms with van der Waals surface area (Å²) in [6.45, 7) is 3.89. The molecule has 0 aliphatic carbocycles. The molecule has 1 aromatic carbocycles. The molecule has 4 nitrogen and oxygen atoms in total. The molecule has 2 saturated heterocycles. The van der Waals surface area contributed by atoms with E-state index in [1.807, 2.05) is 23.1 Å². The second kappa shape index (κ2) is 6.99. The Labute approximate surface area is 139 Å². The Bertz CT molecular complexity index is 514. The number of nitrogens with zero attached hydrogens (tertiary/aromatic N) is 1. The van der Waals surface area contributed by atoms with Crippen LogP contribution < -0.4 is 10.1 Å². The number of amides is 1. The number of fused-ring (bicyclic) bond motifs is 1. The van der Waals surface area contributed by atoms with Crippen molar-refractivity contribution in [3.05, 3.63) is 28.2 Å². The molecule has 6 heteroatoms. The van der Waals surface area contributed by atoms with Gasteiger partial charge in [0.25, 0.3) is 0 Å². The molecular weight excluding hydrogens is 356 g/mol. The molecule has 0 bridgehead atoms. The van der Waals surface area contributed by atoms with E-state index in [1.165, 1.54) is 0 Å². The average Bonchev–Trinajstić information content (AvgIpc) is 2.99. The van der Waals surface area contributed by atoms with E-state index in [1.54, 1.807) is 7.11 Å². The Morgan fingerprint density at radius 3 is 2.67 bits per heavy atom. The molecule has 2 fully saturated rings. The van der Waals surface area contributed by atoms with Gasteiger partial charge >= 0.3 is 0 Å². The summed E-state index contributed by atoms with van der Waals surface area (Å²) in [5.41, 5.74) is 0.946. The van der Waals surface area contributed by atoms with E-state index in [-0.39, 0.29) is 18.3 Å². The highest BCUT2D eigenvalue weighted by molar-refractivity contribution is 9.10. The van der Waals surface area contributed by atoms with Crippen molar-refractivity contribution in [3.63, 3.8) is 0 Å². The minimum atomic E-state index is 0. The molecule has 1 amide bonds. The van der Waals surface area contributed by atoms with Crippen LogP contribution in [0.1, 0.15) is 5.56 Å². The number of benzene rings is 1. The van der Waals surface area contributed by atoms with Crippen molar-refractivity contribution >= 4 is 34.2 Å². The number of hydrogen-bond acceptors (Lipinski definition) is 3. The highest BCUT2D eigenvalue weighted by atomic mass is 79.9. The number of nitrogens with one attached hydrogen (secondary N) is 1. The average molecular weight is 376 g/mol. The molecule has 2 heterocycles. The zero-order chi connectivity index (χ0) is 14.1. The molecule has 0 saturated carbocycles. The normalized spacial score (nSPS) is 23.6. The molecule has 2 atom stereocenters. The first kappa shape index (κ1) is 16.6. The fraction of sp³-hybridized carbons (Fsp3) is 0.533. The Morgan fingerprint density at radius 1 is 1.38 bits per heavy atom. The molecule has 0 spiro atoms. The molecule has 0 aromatic heterocycles. The summed E-state index contributed by atoms with van der Waals surface area (Å²) in [6.07, 6.45) is 0.412. The van der Waals surface area contributed by atoms with E-state index < -0.39 is 0 Å². The van der Waals surface area contributed by atoms with E-state index in [4.69, 9.17) is 4.74 Å². The molecule has 116 valence electrons. The third-order valence-electron chi connectivity index (χ3n) is 4.33. The lowest BCUT2D eigenvalue weighted by Crippen LogP contribution is -2.33. The lowest BCUT2D eigenvalue weighted by Gasteiger charge is -2.18. The monoisotopic (exact) mass is 374 g/mol. The van der Waals surface area contributed by atoms with Crippen molar-refractivity contribution < 1.29 is 9.53 Å². The zero-order valence-electron chi connectivity index (χ0n) is 12.0. The van der Waals surface area contributed by atoms with Crippen LogP contribution in [0.5, 0.6) is 5.75 Å². The number of carbonyl (C=O) groups excluding carboxylic acids is 1. The van der Waals surface area contributed by atoms with Crippen LogP contribution in [-0.2, 0) is 11.2 Å². The quantitative estimate of drug-likeness (QED) is 0.880. The minimum Gasteiger partial charge on any atom is -0.496 e. The minimum absolute atomic E-state index is 0. The van der Waals surface area contributed by atoms with Gasteiger partial charge < -0.3 is 15.0 Å². The summed E-state index contributed by atoms with van der Waals surface area (Å²) >= 11 is 3.45. The van der Waals surface area contributed by atoms with Gasteiger partial charge in [0.2, 0.25) is 5.91 Å². The fourth-order valence-corrected chi connectivity index (χ4v) is 3.63. The third kappa shape index (κ3) is 3.52. The number of hydrogen-bond donors (Lipinski definition) is 1. The van der Waals surface area contributed by atoms with Gasteiger partial charge in [0.15, 0.2) is 0 Å². The van der Waals surface area contributed by atoms with Crippen LogP contribution in [-0.4, -0.2) is 44.1 Å². The van der Waals surface area contributed by atoms with E-state index in [0.29, 0.717) is 18.3 Å². The summed E-state index contributed by atoms with van der Waals surface area (Å²) in [5, 5.41) is 3.39. The SMILES string of the molecule is COc1ccc(Br)cc1CC(=O)N1C[C@H]2CNC[C@H]2C1.Cl. The van der Waals surface area contributed by atoms with Crippen LogP contribution in [0.25, 0.3) is 0 Å². The lowest BCUT2D eigenvalue weighted by molar-refractivity contribution is -0.129. The Balaban J connectivity index is 0.00000161. The van der Waals surface area contributed by atoms with E-state index >= 15 is 0 Å². The van der Waals surface area contributed by atoms with Crippen LogP contribution >= 0.6 is 28.3 Å². The molecule has 0 unspecified atom stereocenters. The fourth-order valence-electron chi connectivity index (χ4n) is 3.22. The van der Waals surface area contributed by atoms with Crippen LogP contribution in [0.3, 0.4) is 0 Å². The second-order valence-corrected chi connectivity index (χ2v) is 6.53. The van der Waals surface area contributed by atoms with Crippen LogP contribution in [0.15, 0.2) is 22.7 Å². The number of ether oxygens (including phenoxy) is 1. The van der Waals surface area contributed by atoms with Gasteiger partial charge in [0.05, 0.1) is 13.5 Å². The summed E-state index contributed by atoms with van der Waals surface area (Å²) in [5.74, 6) is 2.27. The van der Waals surface area contributed by atoms with E-state index in [2.05, 4.69) is 21.2 Å². The lowest BCUT2D eigenvalue weighted by atomic mass is 10.0. The van der Waals surface area contributed by atoms with Gasteiger partial charge in [-0.3, -0.25) is 4.79 Å². The third-order valence-corrected chi connectivity index (χ3v) is 4.82. The van der Waals surface area contributed by atoms with Gasteiger partial charge in [0.1, 0.15) is 5.75 Å². The summed E-state index contributed by atoms with van der Waals surface area (Å²) in [4.78, 5) is 14.5. The molecule has 21 heavy (non-hydrogen) atoms. The Hall–Kier alpha value is -0.780. The second-order valence-electron chi connectivity index (χ2n) is 5.61. The summed E-state index contributed by atoms with van der Waals surface area (Å²) in [7, 11) is 1.64. The Morgan fingerprint density at radius 2 is 2.05 bits per heavy atom. The van der Waals surface area contributed by atoms with Gasteiger partial charge in [-0.05, 0) is 30.0 Å². The molecule has 2 aliphatic heterocycles. The smallest absolute Gasteiger partial charge is 0.227 e. The largest absolute Gasteiger partial charge is 0.496 e. The van der Waals surface area contributed by atoms with Crippen LogP contribution in [0.2, 0.25) is 0 Å². The Kier molecular flexibility index (Phi) is 5.52. The first-order valence-electron chi connectivity index (χ1n) is 6.98. The van der Waals surface area contributed by atoms with Gasteiger partial charge in [0, 0.05) is 36.2 Å². The predicted octanol–water partition coefficient (Wildman–Crippen LogP) is 2.10. The number of halogens is 2.